The molecule has 2 fully saturated rings. The topological polar surface area (TPSA) is 56.3 Å². The summed E-state index contributed by atoms with van der Waals surface area (Å²) >= 11 is 5.37. The average molecular weight is 389 g/mol. The molecule has 0 aromatic carbocycles. The van der Waals surface area contributed by atoms with E-state index in [0.29, 0.717) is 17.6 Å². The third-order valence-electron chi connectivity index (χ3n) is 5.19. The molecule has 0 atom stereocenters. The van der Waals surface area contributed by atoms with Crippen LogP contribution in [-0.4, -0.2) is 47.8 Å². The van der Waals surface area contributed by atoms with E-state index in [1.165, 1.54) is 51.4 Å². The van der Waals surface area contributed by atoms with Crippen LogP contribution < -0.4 is 20.4 Å². The summed E-state index contributed by atoms with van der Waals surface area (Å²) < 4.78 is 0. The van der Waals surface area contributed by atoms with Gasteiger partial charge in [0.2, 0.25) is 5.95 Å². The Morgan fingerprint density at radius 3 is 1.85 bits per heavy atom. The maximum Gasteiger partial charge on any atom is 0.232 e. The summed E-state index contributed by atoms with van der Waals surface area (Å²) in [4.78, 5) is 14.4. The maximum atomic E-state index is 5.37. The molecule has 0 radical (unpaired) electrons. The van der Waals surface area contributed by atoms with Crippen LogP contribution >= 0.6 is 12.2 Å². The van der Waals surface area contributed by atoms with Crippen molar-refractivity contribution in [1.29, 1.82) is 0 Å². The van der Waals surface area contributed by atoms with Crippen molar-refractivity contribution in [2.45, 2.75) is 51.4 Å². The van der Waals surface area contributed by atoms with Gasteiger partial charge in [-0.2, -0.15) is 9.97 Å². The summed E-state index contributed by atoms with van der Waals surface area (Å²) in [6.07, 6.45) is 11.9. The van der Waals surface area contributed by atoms with Gasteiger partial charge < -0.3 is 20.4 Å². The molecule has 148 valence electrons. The standard InChI is InChI=1S/C20H32N6S/c1-2-11-21-20(27)24-19-22-17(25-12-7-3-4-8-13-25)16-18(23-19)26-14-9-5-6-10-15-26/h2,16H,1,3-15H2,(H2,21,22,23,24,27). The Morgan fingerprint density at radius 2 is 1.41 bits per heavy atom. The molecule has 2 aliphatic rings. The number of anilines is 3. The zero-order chi connectivity index (χ0) is 18.9. The van der Waals surface area contributed by atoms with Crippen LogP contribution in [0.4, 0.5) is 17.6 Å². The number of rotatable bonds is 5. The summed E-state index contributed by atoms with van der Waals surface area (Å²) in [5, 5.41) is 6.79. The smallest absolute Gasteiger partial charge is 0.232 e. The third-order valence-corrected chi connectivity index (χ3v) is 5.44. The maximum absolute atomic E-state index is 5.37. The van der Waals surface area contributed by atoms with Crippen molar-refractivity contribution in [3.05, 3.63) is 18.7 Å². The van der Waals surface area contributed by atoms with E-state index < -0.39 is 0 Å². The first-order valence-electron chi connectivity index (χ1n) is 10.3. The van der Waals surface area contributed by atoms with Gasteiger partial charge in [-0.25, -0.2) is 0 Å². The van der Waals surface area contributed by atoms with E-state index in [-0.39, 0.29) is 0 Å². The van der Waals surface area contributed by atoms with Crippen LogP contribution in [0.1, 0.15) is 51.4 Å². The second-order valence-corrected chi connectivity index (χ2v) is 7.74. The van der Waals surface area contributed by atoms with E-state index in [2.05, 4.69) is 33.1 Å². The molecule has 0 aliphatic carbocycles. The molecule has 3 rings (SSSR count). The van der Waals surface area contributed by atoms with Crippen molar-refractivity contribution in [2.24, 2.45) is 0 Å². The SMILES string of the molecule is C=CCNC(=S)Nc1nc(N2CCCCCC2)cc(N2CCCCCC2)n1. The molecule has 6 nitrogen and oxygen atoms in total. The monoisotopic (exact) mass is 388 g/mol. The van der Waals surface area contributed by atoms with Crippen LogP contribution in [0.25, 0.3) is 0 Å². The van der Waals surface area contributed by atoms with Crippen LogP contribution in [0.2, 0.25) is 0 Å². The van der Waals surface area contributed by atoms with Gasteiger partial charge in [0.05, 0.1) is 0 Å². The molecule has 2 N–H and O–H groups in total. The van der Waals surface area contributed by atoms with E-state index in [9.17, 15) is 0 Å². The molecule has 7 heteroatoms. The van der Waals surface area contributed by atoms with Crippen molar-refractivity contribution < 1.29 is 0 Å². The lowest BCUT2D eigenvalue weighted by Crippen LogP contribution is -2.31. The number of hydrogen-bond acceptors (Lipinski definition) is 5. The Morgan fingerprint density at radius 1 is 0.926 bits per heavy atom. The Kier molecular flexibility index (Phi) is 7.68. The van der Waals surface area contributed by atoms with Gasteiger partial charge in [0.25, 0.3) is 0 Å². The Hall–Kier alpha value is -1.89. The first-order valence-corrected chi connectivity index (χ1v) is 10.7. The molecule has 0 saturated carbocycles. The Bertz CT molecular complexity index is 581. The molecule has 27 heavy (non-hydrogen) atoms. The van der Waals surface area contributed by atoms with E-state index >= 15 is 0 Å². The number of nitrogens with one attached hydrogen (secondary N) is 2. The average Bonchev–Trinajstić information content (AvgIpc) is 3.11. The first kappa shape index (κ1) is 19.9. The van der Waals surface area contributed by atoms with Crippen molar-refractivity contribution in [2.75, 3.05) is 47.8 Å². The van der Waals surface area contributed by atoms with Crippen molar-refractivity contribution >= 4 is 34.9 Å². The van der Waals surface area contributed by atoms with Crippen molar-refractivity contribution in [3.63, 3.8) is 0 Å². The highest BCUT2D eigenvalue weighted by atomic mass is 32.1. The second-order valence-electron chi connectivity index (χ2n) is 7.33. The van der Waals surface area contributed by atoms with E-state index in [1.807, 2.05) is 0 Å². The van der Waals surface area contributed by atoms with Gasteiger partial charge in [-0.1, -0.05) is 31.8 Å². The minimum absolute atomic E-state index is 0.532. The molecule has 2 saturated heterocycles. The zero-order valence-electron chi connectivity index (χ0n) is 16.3. The van der Waals surface area contributed by atoms with Crippen molar-refractivity contribution in [3.8, 4) is 0 Å². The highest BCUT2D eigenvalue weighted by molar-refractivity contribution is 7.80. The summed E-state index contributed by atoms with van der Waals surface area (Å²) in [5.41, 5.74) is 0. The van der Waals surface area contributed by atoms with Gasteiger partial charge in [-0.3, -0.25) is 0 Å². The molecule has 0 amide bonds. The third kappa shape index (κ3) is 6.06. The molecule has 1 aromatic rings. The van der Waals surface area contributed by atoms with Crippen molar-refractivity contribution in [1.82, 2.24) is 15.3 Å². The lowest BCUT2D eigenvalue weighted by Gasteiger charge is -2.26. The van der Waals surface area contributed by atoms with E-state index in [1.54, 1.807) is 6.08 Å². The van der Waals surface area contributed by atoms with Crippen LogP contribution in [-0.2, 0) is 0 Å². The van der Waals surface area contributed by atoms with Crippen LogP contribution in [0, 0.1) is 0 Å². The lowest BCUT2D eigenvalue weighted by molar-refractivity contribution is 0.726. The summed E-state index contributed by atoms with van der Waals surface area (Å²) in [5.74, 6) is 2.61. The predicted octanol–water partition coefficient (Wildman–Crippen LogP) is 3.71. The normalized spacial score (nSPS) is 18.4. The summed E-state index contributed by atoms with van der Waals surface area (Å²) in [6.45, 7) is 8.59. The largest absolute Gasteiger partial charge is 0.359 e. The van der Waals surface area contributed by atoms with Gasteiger partial charge in [0.15, 0.2) is 5.11 Å². The first-order chi connectivity index (χ1) is 13.3. The molecular formula is C20H32N6S. The fourth-order valence-corrected chi connectivity index (χ4v) is 3.89. The molecule has 1 aromatic heterocycles. The van der Waals surface area contributed by atoms with Crippen LogP contribution in [0.3, 0.4) is 0 Å². The number of hydrogen-bond donors (Lipinski definition) is 2. The summed E-state index contributed by atoms with van der Waals surface area (Å²) in [7, 11) is 0. The Balaban J connectivity index is 1.83. The minimum atomic E-state index is 0.532. The molecule has 3 heterocycles. The minimum Gasteiger partial charge on any atom is -0.359 e. The van der Waals surface area contributed by atoms with Gasteiger partial charge in [0.1, 0.15) is 11.6 Å². The molecule has 0 spiro atoms. The second kappa shape index (κ2) is 10.4. The van der Waals surface area contributed by atoms with E-state index in [0.717, 1.165) is 37.8 Å². The molecular weight excluding hydrogens is 356 g/mol. The highest BCUT2D eigenvalue weighted by Crippen LogP contribution is 2.25. The van der Waals surface area contributed by atoms with Gasteiger partial charge >= 0.3 is 0 Å². The number of aromatic nitrogens is 2. The summed E-state index contributed by atoms with van der Waals surface area (Å²) in [6, 6.07) is 2.17. The van der Waals surface area contributed by atoms with Crippen LogP contribution in [0.15, 0.2) is 18.7 Å². The zero-order valence-corrected chi connectivity index (χ0v) is 17.1. The van der Waals surface area contributed by atoms with Gasteiger partial charge in [-0.15, -0.1) is 6.58 Å². The molecule has 2 aliphatic heterocycles. The van der Waals surface area contributed by atoms with Gasteiger partial charge in [0, 0.05) is 38.8 Å². The quantitative estimate of drug-likeness (QED) is 0.589. The fraction of sp³-hybridized carbons (Fsp3) is 0.650. The lowest BCUT2D eigenvalue weighted by atomic mass is 10.2. The Labute approximate surface area is 168 Å². The highest BCUT2D eigenvalue weighted by Gasteiger charge is 2.18. The number of thiocarbonyl (C=S) groups is 1. The predicted molar refractivity (Wildman–Crippen MR) is 118 cm³/mol. The molecule has 0 bridgehead atoms. The van der Waals surface area contributed by atoms with Crippen LogP contribution in [0.5, 0.6) is 0 Å². The molecule has 0 unspecified atom stereocenters. The van der Waals surface area contributed by atoms with Gasteiger partial charge in [-0.05, 0) is 37.9 Å². The number of nitrogens with zero attached hydrogens (tertiary/aromatic N) is 4. The van der Waals surface area contributed by atoms with E-state index in [4.69, 9.17) is 22.2 Å². The fourth-order valence-electron chi connectivity index (χ4n) is 3.71.